The molecule has 3 nitrogen and oxygen atoms in total. The Morgan fingerprint density at radius 1 is 1.53 bits per heavy atom. The summed E-state index contributed by atoms with van der Waals surface area (Å²) < 4.78 is 19.3. The van der Waals surface area contributed by atoms with Crippen molar-refractivity contribution in [3.63, 3.8) is 0 Å². The van der Waals surface area contributed by atoms with Crippen LogP contribution in [0.15, 0.2) is 18.2 Å². The summed E-state index contributed by atoms with van der Waals surface area (Å²) >= 11 is 0. The molecule has 0 spiro atoms. The average Bonchev–Trinajstić information content (AvgIpc) is 2.33. The molecule has 0 aromatic heterocycles. The molecule has 0 radical (unpaired) electrons. The van der Waals surface area contributed by atoms with E-state index in [-0.39, 0.29) is 11.9 Å². The van der Waals surface area contributed by atoms with E-state index in [2.05, 4.69) is 11.8 Å². The smallest absolute Gasteiger partial charge is 0.167 e. The summed E-state index contributed by atoms with van der Waals surface area (Å²) in [6, 6.07) is 4.57. The molecular formula is C13H19FN2O. The fourth-order valence-electron chi connectivity index (χ4n) is 2.19. The van der Waals surface area contributed by atoms with Crippen LogP contribution < -0.4 is 10.5 Å². The van der Waals surface area contributed by atoms with E-state index in [0.29, 0.717) is 11.4 Å². The zero-order valence-electron chi connectivity index (χ0n) is 10.2. The summed E-state index contributed by atoms with van der Waals surface area (Å²) in [6.45, 7) is 5.14. The fourth-order valence-corrected chi connectivity index (χ4v) is 2.19. The van der Waals surface area contributed by atoms with Gasteiger partial charge in [0.2, 0.25) is 0 Å². The summed E-state index contributed by atoms with van der Waals surface area (Å²) in [4.78, 5) is 2.32. The molecule has 2 rings (SSSR count). The minimum absolute atomic E-state index is 0.0850. The van der Waals surface area contributed by atoms with E-state index in [4.69, 9.17) is 10.5 Å². The molecule has 1 fully saturated rings. The molecule has 0 bridgehead atoms. The monoisotopic (exact) mass is 238 g/mol. The SMILES string of the molecule is CCN1CCCC(Oc2ccc(N)cc2F)C1. The normalized spacial score (nSPS) is 21.4. The third-order valence-electron chi connectivity index (χ3n) is 3.16. The molecule has 4 heteroatoms. The molecule has 1 aliphatic rings. The minimum atomic E-state index is -0.376. The number of nitrogens with zero attached hydrogens (tertiary/aromatic N) is 1. The zero-order chi connectivity index (χ0) is 12.3. The van der Waals surface area contributed by atoms with Crippen molar-refractivity contribution < 1.29 is 9.13 Å². The molecule has 1 aromatic carbocycles. The van der Waals surface area contributed by atoms with Gasteiger partial charge in [-0.3, -0.25) is 4.90 Å². The number of nitrogens with two attached hydrogens (primary N) is 1. The molecule has 1 atom stereocenters. The van der Waals surface area contributed by atoms with Gasteiger partial charge in [0, 0.05) is 18.3 Å². The summed E-state index contributed by atoms with van der Waals surface area (Å²) in [7, 11) is 0. The predicted molar refractivity (Wildman–Crippen MR) is 66.6 cm³/mol. The van der Waals surface area contributed by atoms with Gasteiger partial charge < -0.3 is 10.5 Å². The molecule has 2 N–H and O–H groups in total. The van der Waals surface area contributed by atoms with E-state index >= 15 is 0 Å². The van der Waals surface area contributed by atoms with E-state index in [0.717, 1.165) is 32.5 Å². The van der Waals surface area contributed by atoms with Crippen LogP contribution in [0.3, 0.4) is 0 Å². The third kappa shape index (κ3) is 3.09. The lowest BCUT2D eigenvalue weighted by Crippen LogP contribution is -2.40. The van der Waals surface area contributed by atoms with Crippen LogP contribution in [0.2, 0.25) is 0 Å². The van der Waals surface area contributed by atoms with Crippen molar-refractivity contribution in [2.75, 3.05) is 25.4 Å². The van der Waals surface area contributed by atoms with Crippen molar-refractivity contribution in [1.29, 1.82) is 0 Å². The summed E-state index contributed by atoms with van der Waals surface area (Å²) in [5.74, 6) is -0.0687. The highest BCUT2D eigenvalue weighted by Crippen LogP contribution is 2.23. The zero-order valence-corrected chi connectivity index (χ0v) is 10.2. The first-order chi connectivity index (χ1) is 8.19. The largest absolute Gasteiger partial charge is 0.486 e. The first-order valence-electron chi connectivity index (χ1n) is 6.13. The van der Waals surface area contributed by atoms with Crippen LogP contribution in [0.5, 0.6) is 5.75 Å². The van der Waals surface area contributed by atoms with Gasteiger partial charge in [-0.15, -0.1) is 0 Å². The van der Waals surface area contributed by atoms with E-state index in [1.807, 2.05) is 0 Å². The Hall–Kier alpha value is -1.29. The second-order valence-electron chi connectivity index (χ2n) is 4.47. The number of hydrogen-bond donors (Lipinski definition) is 1. The van der Waals surface area contributed by atoms with Crippen LogP contribution in [0, 0.1) is 5.82 Å². The molecule has 0 amide bonds. The number of benzene rings is 1. The lowest BCUT2D eigenvalue weighted by atomic mass is 10.1. The quantitative estimate of drug-likeness (QED) is 0.821. The topological polar surface area (TPSA) is 38.5 Å². The van der Waals surface area contributed by atoms with Gasteiger partial charge in [-0.25, -0.2) is 4.39 Å². The van der Waals surface area contributed by atoms with Crippen LogP contribution in [0.1, 0.15) is 19.8 Å². The summed E-state index contributed by atoms with van der Waals surface area (Å²) in [6.07, 6.45) is 2.18. The van der Waals surface area contributed by atoms with Crippen molar-refractivity contribution in [3.05, 3.63) is 24.0 Å². The Labute approximate surface area is 101 Å². The highest BCUT2D eigenvalue weighted by molar-refractivity contribution is 5.42. The van der Waals surface area contributed by atoms with Crippen LogP contribution in [-0.2, 0) is 0 Å². The summed E-state index contributed by atoms with van der Waals surface area (Å²) in [5.41, 5.74) is 5.93. The van der Waals surface area contributed by atoms with E-state index in [9.17, 15) is 4.39 Å². The molecule has 0 aliphatic carbocycles. The maximum absolute atomic E-state index is 13.6. The molecule has 0 saturated carbocycles. The van der Waals surface area contributed by atoms with Gasteiger partial charge in [0.05, 0.1) is 0 Å². The Kier molecular flexibility index (Phi) is 3.84. The van der Waals surface area contributed by atoms with Crippen LogP contribution in [-0.4, -0.2) is 30.6 Å². The van der Waals surface area contributed by atoms with Gasteiger partial charge in [0.15, 0.2) is 11.6 Å². The minimum Gasteiger partial charge on any atom is -0.486 e. The molecule has 1 aromatic rings. The maximum Gasteiger partial charge on any atom is 0.167 e. The van der Waals surface area contributed by atoms with Gasteiger partial charge in [-0.2, -0.15) is 0 Å². The van der Waals surface area contributed by atoms with Gasteiger partial charge in [-0.1, -0.05) is 6.92 Å². The molecule has 94 valence electrons. The van der Waals surface area contributed by atoms with E-state index in [1.165, 1.54) is 6.07 Å². The number of nitrogen functional groups attached to an aromatic ring is 1. The van der Waals surface area contributed by atoms with Crippen molar-refractivity contribution in [2.24, 2.45) is 0 Å². The Morgan fingerprint density at radius 3 is 3.06 bits per heavy atom. The second kappa shape index (κ2) is 5.36. The standard InChI is InChI=1S/C13H19FN2O/c1-2-16-7-3-4-11(9-16)17-13-6-5-10(15)8-12(13)14/h5-6,8,11H,2-4,7,9,15H2,1H3. The number of likely N-dealkylation sites (tertiary alicyclic amines) is 1. The van der Waals surface area contributed by atoms with Crippen molar-refractivity contribution in [1.82, 2.24) is 4.90 Å². The molecule has 17 heavy (non-hydrogen) atoms. The number of likely N-dealkylation sites (N-methyl/N-ethyl adjacent to an activating group) is 1. The molecular weight excluding hydrogens is 219 g/mol. The van der Waals surface area contributed by atoms with Crippen molar-refractivity contribution >= 4 is 5.69 Å². The summed E-state index contributed by atoms with van der Waals surface area (Å²) in [5, 5.41) is 0. The third-order valence-corrected chi connectivity index (χ3v) is 3.16. The first kappa shape index (κ1) is 12.2. The lowest BCUT2D eigenvalue weighted by Gasteiger charge is -2.32. The number of piperidine rings is 1. The number of hydrogen-bond acceptors (Lipinski definition) is 3. The highest BCUT2D eigenvalue weighted by Gasteiger charge is 2.21. The molecule has 1 heterocycles. The molecule has 1 saturated heterocycles. The van der Waals surface area contributed by atoms with Gasteiger partial charge in [-0.05, 0) is 38.1 Å². The Morgan fingerprint density at radius 2 is 2.35 bits per heavy atom. The highest BCUT2D eigenvalue weighted by atomic mass is 19.1. The van der Waals surface area contributed by atoms with E-state index < -0.39 is 0 Å². The molecule has 1 aliphatic heterocycles. The maximum atomic E-state index is 13.6. The first-order valence-corrected chi connectivity index (χ1v) is 6.13. The number of halogens is 1. The van der Waals surface area contributed by atoms with Crippen molar-refractivity contribution in [3.8, 4) is 5.75 Å². The molecule has 1 unspecified atom stereocenters. The Bertz CT molecular complexity index is 384. The average molecular weight is 238 g/mol. The fraction of sp³-hybridized carbons (Fsp3) is 0.538. The van der Waals surface area contributed by atoms with Crippen molar-refractivity contribution in [2.45, 2.75) is 25.9 Å². The second-order valence-corrected chi connectivity index (χ2v) is 4.47. The van der Waals surface area contributed by atoms with Gasteiger partial charge in [0.25, 0.3) is 0 Å². The van der Waals surface area contributed by atoms with Gasteiger partial charge >= 0.3 is 0 Å². The number of rotatable bonds is 3. The number of ether oxygens (including phenoxy) is 1. The van der Waals surface area contributed by atoms with Gasteiger partial charge in [0.1, 0.15) is 6.10 Å². The van der Waals surface area contributed by atoms with E-state index in [1.54, 1.807) is 12.1 Å². The van der Waals surface area contributed by atoms with Crippen LogP contribution in [0.4, 0.5) is 10.1 Å². The lowest BCUT2D eigenvalue weighted by molar-refractivity contribution is 0.0887. The predicted octanol–water partition coefficient (Wildman–Crippen LogP) is 2.27. The van der Waals surface area contributed by atoms with Crippen LogP contribution in [0.25, 0.3) is 0 Å². The number of anilines is 1. The van der Waals surface area contributed by atoms with Crippen LogP contribution >= 0.6 is 0 Å². The Balaban J connectivity index is 2.00.